The summed E-state index contributed by atoms with van der Waals surface area (Å²) in [5.41, 5.74) is 0. The second kappa shape index (κ2) is 8.41. The minimum Gasteiger partial charge on any atom is -0.353 e. The van der Waals surface area contributed by atoms with Crippen molar-refractivity contribution in [3.8, 4) is 0 Å². The van der Waals surface area contributed by atoms with Crippen molar-refractivity contribution in [3.63, 3.8) is 0 Å². The summed E-state index contributed by atoms with van der Waals surface area (Å²) in [7, 11) is 1.98. The van der Waals surface area contributed by atoms with E-state index >= 15 is 0 Å². The van der Waals surface area contributed by atoms with Crippen LogP contribution in [0.15, 0.2) is 0 Å². The second-order valence-corrected chi connectivity index (χ2v) is 3.99. The average Bonchev–Trinajstić information content (AvgIpc) is 2.24. The number of hydrogen-bond acceptors (Lipinski definition) is 4. The van der Waals surface area contributed by atoms with Gasteiger partial charge in [-0.05, 0) is 13.6 Å². The predicted molar refractivity (Wildman–Crippen MR) is 67.6 cm³/mol. The lowest BCUT2D eigenvalue weighted by atomic mass is 10.3. The van der Waals surface area contributed by atoms with Gasteiger partial charge in [0, 0.05) is 25.8 Å². The highest BCUT2D eigenvalue weighted by Gasteiger charge is 2.16. The number of carbonyl (C=O) groups excluding carboxylic acids is 2. The molecular formula is C10H21N3O2S. The van der Waals surface area contributed by atoms with E-state index in [1.165, 1.54) is 6.92 Å². The molecule has 0 aliphatic carbocycles. The van der Waals surface area contributed by atoms with E-state index in [1.807, 2.05) is 7.05 Å². The van der Waals surface area contributed by atoms with Crippen LogP contribution in [0.4, 0.5) is 0 Å². The van der Waals surface area contributed by atoms with Gasteiger partial charge < -0.3 is 15.5 Å². The van der Waals surface area contributed by atoms with Crippen LogP contribution in [0.2, 0.25) is 0 Å². The maximum atomic E-state index is 11.6. The largest absolute Gasteiger partial charge is 0.353 e. The van der Waals surface area contributed by atoms with Crippen molar-refractivity contribution in [2.75, 3.05) is 32.4 Å². The molecule has 0 fully saturated rings. The lowest BCUT2D eigenvalue weighted by molar-refractivity contribution is -0.127. The molecule has 0 aliphatic rings. The quantitative estimate of drug-likeness (QED) is 0.531. The predicted octanol–water partition coefficient (Wildman–Crippen LogP) is -0.511. The molecule has 0 aromatic heterocycles. The molecule has 0 saturated carbocycles. The third-order valence-electron chi connectivity index (χ3n) is 2.21. The van der Waals surface area contributed by atoms with Gasteiger partial charge in [-0.3, -0.25) is 9.59 Å². The number of nitrogens with zero attached hydrogens (tertiary/aromatic N) is 1. The molecule has 0 spiro atoms. The van der Waals surface area contributed by atoms with Crippen LogP contribution in [-0.2, 0) is 9.59 Å². The Balaban J connectivity index is 3.88. The van der Waals surface area contributed by atoms with Crippen LogP contribution in [0.3, 0.4) is 0 Å². The Bertz CT molecular complexity index is 236. The molecule has 2 amide bonds. The third kappa shape index (κ3) is 6.68. The standard InChI is InChI=1S/C10H21N3O2S/c1-4-13(3)6-5-11-10(15)9(7-16)12-8(2)14/h9,16H,4-7H2,1-3H3,(H,11,15)(H,12,14). The van der Waals surface area contributed by atoms with E-state index in [1.54, 1.807) is 0 Å². The van der Waals surface area contributed by atoms with Gasteiger partial charge in [0.15, 0.2) is 0 Å². The molecule has 94 valence electrons. The van der Waals surface area contributed by atoms with Crippen LogP contribution in [0.5, 0.6) is 0 Å². The lowest BCUT2D eigenvalue weighted by Crippen LogP contribution is -2.48. The van der Waals surface area contributed by atoms with Crippen LogP contribution in [0.1, 0.15) is 13.8 Å². The maximum absolute atomic E-state index is 11.6. The van der Waals surface area contributed by atoms with Gasteiger partial charge in [0.05, 0.1) is 0 Å². The van der Waals surface area contributed by atoms with Crippen molar-refractivity contribution in [2.45, 2.75) is 19.9 Å². The fourth-order valence-corrected chi connectivity index (χ4v) is 1.35. The summed E-state index contributed by atoms with van der Waals surface area (Å²) >= 11 is 4.02. The summed E-state index contributed by atoms with van der Waals surface area (Å²) in [5.74, 6) is -0.107. The molecule has 0 heterocycles. The van der Waals surface area contributed by atoms with Crippen LogP contribution < -0.4 is 10.6 Å². The van der Waals surface area contributed by atoms with E-state index < -0.39 is 6.04 Å². The van der Waals surface area contributed by atoms with Crippen molar-refractivity contribution in [1.82, 2.24) is 15.5 Å². The van der Waals surface area contributed by atoms with Gasteiger partial charge in [-0.15, -0.1) is 0 Å². The van der Waals surface area contributed by atoms with Crippen molar-refractivity contribution in [3.05, 3.63) is 0 Å². The Morgan fingerprint density at radius 2 is 2.06 bits per heavy atom. The van der Waals surface area contributed by atoms with Gasteiger partial charge in [0.25, 0.3) is 0 Å². The summed E-state index contributed by atoms with van der Waals surface area (Å²) in [5, 5.41) is 5.30. The third-order valence-corrected chi connectivity index (χ3v) is 2.57. The van der Waals surface area contributed by atoms with Crippen molar-refractivity contribution >= 4 is 24.4 Å². The van der Waals surface area contributed by atoms with Gasteiger partial charge >= 0.3 is 0 Å². The summed E-state index contributed by atoms with van der Waals surface area (Å²) in [6.45, 7) is 5.75. The van der Waals surface area contributed by atoms with Gasteiger partial charge in [-0.1, -0.05) is 6.92 Å². The zero-order valence-corrected chi connectivity index (χ0v) is 11.0. The first-order valence-corrected chi connectivity index (χ1v) is 5.98. The fraction of sp³-hybridized carbons (Fsp3) is 0.800. The molecule has 0 aromatic carbocycles. The van der Waals surface area contributed by atoms with E-state index in [0.717, 1.165) is 13.1 Å². The number of amides is 2. The second-order valence-electron chi connectivity index (χ2n) is 3.62. The van der Waals surface area contributed by atoms with Gasteiger partial charge in [0.1, 0.15) is 6.04 Å². The lowest BCUT2D eigenvalue weighted by Gasteiger charge is -2.17. The smallest absolute Gasteiger partial charge is 0.243 e. The molecular weight excluding hydrogens is 226 g/mol. The number of nitrogens with one attached hydrogen (secondary N) is 2. The minimum atomic E-state index is -0.548. The first kappa shape index (κ1) is 15.2. The molecule has 0 aromatic rings. The molecule has 0 radical (unpaired) electrons. The van der Waals surface area contributed by atoms with E-state index in [2.05, 4.69) is 35.1 Å². The van der Waals surface area contributed by atoms with Gasteiger partial charge in [-0.25, -0.2) is 0 Å². The molecule has 0 rings (SSSR count). The Morgan fingerprint density at radius 1 is 1.44 bits per heavy atom. The van der Waals surface area contributed by atoms with Crippen LogP contribution >= 0.6 is 12.6 Å². The average molecular weight is 247 g/mol. The van der Waals surface area contributed by atoms with E-state index in [0.29, 0.717) is 12.3 Å². The minimum absolute atomic E-state index is 0.185. The number of hydrogen-bond donors (Lipinski definition) is 3. The summed E-state index contributed by atoms with van der Waals surface area (Å²) < 4.78 is 0. The van der Waals surface area contributed by atoms with Crippen LogP contribution in [0, 0.1) is 0 Å². The molecule has 6 heteroatoms. The zero-order chi connectivity index (χ0) is 12.6. The number of thiol groups is 1. The molecule has 0 saturated heterocycles. The first-order chi connectivity index (χ1) is 7.51. The van der Waals surface area contributed by atoms with Crippen molar-refractivity contribution < 1.29 is 9.59 Å². The highest BCUT2D eigenvalue weighted by Crippen LogP contribution is 1.89. The van der Waals surface area contributed by atoms with E-state index in [9.17, 15) is 9.59 Å². The molecule has 1 atom stereocenters. The molecule has 2 N–H and O–H groups in total. The summed E-state index contributed by atoms with van der Waals surface area (Å²) in [6.07, 6.45) is 0. The number of likely N-dealkylation sites (N-methyl/N-ethyl adjacent to an activating group) is 1. The summed E-state index contributed by atoms with van der Waals surface area (Å²) in [6, 6.07) is -0.548. The number of rotatable bonds is 7. The molecule has 0 bridgehead atoms. The van der Waals surface area contributed by atoms with E-state index in [4.69, 9.17) is 0 Å². The molecule has 0 aliphatic heterocycles. The highest BCUT2D eigenvalue weighted by molar-refractivity contribution is 7.80. The summed E-state index contributed by atoms with van der Waals surface area (Å²) in [4.78, 5) is 24.5. The zero-order valence-electron chi connectivity index (χ0n) is 10.1. The maximum Gasteiger partial charge on any atom is 0.243 e. The Kier molecular flexibility index (Phi) is 8.01. The van der Waals surface area contributed by atoms with Gasteiger partial charge in [-0.2, -0.15) is 12.6 Å². The number of carbonyl (C=O) groups is 2. The molecule has 1 unspecified atom stereocenters. The Hall–Kier alpha value is -0.750. The van der Waals surface area contributed by atoms with Crippen molar-refractivity contribution in [2.24, 2.45) is 0 Å². The topological polar surface area (TPSA) is 61.4 Å². The van der Waals surface area contributed by atoms with Crippen LogP contribution in [-0.4, -0.2) is 55.2 Å². The van der Waals surface area contributed by atoms with Crippen LogP contribution in [0.25, 0.3) is 0 Å². The Morgan fingerprint density at radius 3 is 2.50 bits per heavy atom. The Labute approximate surface area is 102 Å². The van der Waals surface area contributed by atoms with E-state index in [-0.39, 0.29) is 11.8 Å². The monoisotopic (exact) mass is 247 g/mol. The first-order valence-electron chi connectivity index (χ1n) is 5.35. The van der Waals surface area contributed by atoms with Gasteiger partial charge in [0.2, 0.25) is 11.8 Å². The fourth-order valence-electron chi connectivity index (χ4n) is 1.09. The molecule has 5 nitrogen and oxygen atoms in total. The SMILES string of the molecule is CCN(C)CCNC(=O)C(CS)NC(C)=O. The highest BCUT2D eigenvalue weighted by atomic mass is 32.1. The normalized spacial score (nSPS) is 12.3. The molecule has 16 heavy (non-hydrogen) atoms. The van der Waals surface area contributed by atoms with Crippen molar-refractivity contribution in [1.29, 1.82) is 0 Å².